The summed E-state index contributed by atoms with van der Waals surface area (Å²) in [6.45, 7) is 4.04. The molecular formula is C31H38ClN3O5S. The number of nitrogens with one attached hydrogen (secondary N) is 1. The molecule has 220 valence electrons. The van der Waals surface area contributed by atoms with Gasteiger partial charge >= 0.3 is 0 Å². The Hall–Kier alpha value is -3.56. The van der Waals surface area contributed by atoms with Crippen molar-refractivity contribution in [3.63, 3.8) is 0 Å². The van der Waals surface area contributed by atoms with E-state index in [1.807, 2.05) is 68.4 Å². The number of methoxy groups -OCH3 is 1. The van der Waals surface area contributed by atoms with Gasteiger partial charge in [0.05, 0.1) is 19.1 Å². The van der Waals surface area contributed by atoms with E-state index in [2.05, 4.69) is 5.32 Å². The van der Waals surface area contributed by atoms with E-state index in [0.29, 0.717) is 22.9 Å². The van der Waals surface area contributed by atoms with Crippen LogP contribution in [0.3, 0.4) is 0 Å². The number of hydrogen-bond donors (Lipinski definition) is 1. The van der Waals surface area contributed by atoms with Crippen molar-refractivity contribution >= 4 is 39.1 Å². The second-order valence-corrected chi connectivity index (χ2v) is 12.5. The van der Waals surface area contributed by atoms with E-state index < -0.39 is 16.1 Å². The summed E-state index contributed by atoms with van der Waals surface area (Å²) in [6.07, 6.45) is 1.76. The number of sulfonamides is 1. The predicted octanol–water partition coefficient (Wildman–Crippen LogP) is 5.06. The van der Waals surface area contributed by atoms with E-state index in [-0.39, 0.29) is 43.8 Å². The Bertz CT molecular complexity index is 1400. The zero-order chi connectivity index (χ0) is 30.0. The molecule has 0 heterocycles. The first-order valence-corrected chi connectivity index (χ1v) is 15.7. The van der Waals surface area contributed by atoms with Crippen LogP contribution in [0.2, 0.25) is 5.02 Å². The van der Waals surface area contributed by atoms with Gasteiger partial charge < -0.3 is 15.0 Å². The van der Waals surface area contributed by atoms with Crippen molar-refractivity contribution in [2.24, 2.45) is 0 Å². The number of carbonyl (C=O) groups excluding carboxylic acids is 2. The average molecular weight is 600 g/mol. The smallest absolute Gasteiger partial charge is 0.243 e. The van der Waals surface area contributed by atoms with Gasteiger partial charge in [-0.1, -0.05) is 54.1 Å². The lowest BCUT2D eigenvalue weighted by Gasteiger charge is -2.32. The van der Waals surface area contributed by atoms with Gasteiger partial charge in [0.1, 0.15) is 11.8 Å². The van der Waals surface area contributed by atoms with Gasteiger partial charge in [0, 0.05) is 37.0 Å². The largest absolute Gasteiger partial charge is 0.497 e. The quantitative estimate of drug-likeness (QED) is 0.279. The molecule has 3 rings (SSSR count). The van der Waals surface area contributed by atoms with Crippen LogP contribution in [0.5, 0.6) is 5.75 Å². The monoisotopic (exact) mass is 599 g/mol. The van der Waals surface area contributed by atoms with Gasteiger partial charge in [-0.15, -0.1) is 0 Å². The fraction of sp³-hybridized carbons (Fsp3) is 0.355. The SMILES string of the molecule is COc1cccc(CN(C(=O)CCCN(c2ccc(Cl)cc2)S(C)(=O)=O)[C@@H](Cc2ccccc2)C(=O)NC(C)C)c1. The Kier molecular flexibility index (Phi) is 11.6. The lowest BCUT2D eigenvalue weighted by Crippen LogP contribution is -2.51. The maximum Gasteiger partial charge on any atom is 0.243 e. The Balaban J connectivity index is 1.89. The highest BCUT2D eigenvalue weighted by molar-refractivity contribution is 7.92. The molecule has 1 atom stereocenters. The number of amides is 2. The lowest BCUT2D eigenvalue weighted by atomic mass is 10.0. The molecule has 3 aromatic carbocycles. The van der Waals surface area contributed by atoms with E-state index in [4.69, 9.17) is 16.3 Å². The molecule has 0 aromatic heterocycles. The molecule has 0 unspecified atom stereocenters. The molecule has 0 aliphatic heterocycles. The highest BCUT2D eigenvalue weighted by Crippen LogP contribution is 2.23. The number of ether oxygens (including phenoxy) is 1. The summed E-state index contributed by atoms with van der Waals surface area (Å²) in [4.78, 5) is 29.0. The van der Waals surface area contributed by atoms with E-state index >= 15 is 0 Å². The van der Waals surface area contributed by atoms with Gasteiger partial charge in [0.15, 0.2) is 0 Å². The van der Waals surface area contributed by atoms with Crippen LogP contribution in [0.15, 0.2) is 78.9 Å². The highest BCUT2D eigenvalue weighted by Gasteiger charge is 2.31. The Morgan fingerprint density at radius 1 is 0.951 bits per heavy atom. The van der Waals surface area contributed by atoms with E-state index in [1.54, 1.807) is 36.3 Å². The van der Waals surface area contributed by atoms with Gasteiger partial charge in [-0.2, -0.15) is 0 Å². The number of nitrogens with zero attached hydrogens (tertiary/aromatic N) is 2. The number of anilines is 1. The zero-order valence-electron chi connectivity index (χ0n) is 23.9. The number of hydrogen-bond acceptors (Lipinski definition) is 5. The molecule has 0 saturated carbocycles. The van der Waals surface area contributed by atoms with Gasteiger partial charge in [0.2, 0.25) is 21.8 Å². The summed E-state index contributed by atoms with van der Waals surface area (Å²) < 4.78 is 31.8. The van der Waals surface area contributed by atoms with E-state index in [9.17, 15) is 18.0 Å². The summed E-state index contributed by atoms with van der Waals surface area (Å²) in [6, 6.07) is 22.6. The summed E-state index contributed by atoms with van der Waals surface area (Å²) in [5.41, 5.74) is 2.20. The standard InChI is InChI=1S/C31H38ClN3O5S/c1-23(2)33-31(37)29(21-24-10-6-5-7-11-24)34(22-25-12-8-13-28(20-25)40-3)30(36)14-9-19-35(41(4,38)39)27-17-15-26(32)16-18-27/h5-8,10-13,15-18,20,23,29H,9,14,19,21-22H2,1-4H3,(H,33,37)/t29-/m0/s1. The maximum atomic E-state index is 13.9. The minimum Gasteiger partial charge on any atom is -0.497 e. The Morgan fingerprint density at radius 2 is 1.61 bits per heavy atom. The molecule has 8 nitrogen and oxygen atoms in total. The van der Waals surface area contributed by atoms with Crippen LogP contribution in [0, 0.1) is 0 Å². The summed E-state index contributed by atoms with van der Waals surface area (Å²) >= 11 is 5.98. The van der Waals surface area contributed by atoms with Crippen LogP contribution < -0.4 is 14.4 Å². The second-order valence-electron chi connectivity index (χ2n) is 10.2. The first-order chi connectivity index (χ1) is 19.5. The lowest BCUT2D eigenvalue weighted by molar-refractivity contribution is -0.141. The van der Waals surface area contributed by atoms with Crippen molar-refractivity contribution in [2.45, 2.75) is 51.7 Å². The maximum absolute atomic E-state index is 13.9. The Morgan fingerprint density at radius 3 is 2.22 bits per heavy atom. The third-order valence-electron chi connectivity index (χ3n) is 6.46. The number of carbonyl (C=O) groups is 2. The third-order valence-corrected chi connectivity index (χ3v) is 7.90. The number of benzene rings is 3. The first kappa shape index (κ1) is 32.0. The predicted molar refractivity (Wildman–Crippen MR) is 164 cm³/mol. The van der Waals surface area contributed by atoms with Gasteiger partial charge in [-0.3, -0.25) is 13.9 Å². The van der Waals surface area contributed by atoms with Crippen LogP contribution >= 0.6 is 11.6 Å². The average Bonchev–Trinajstić information content (AvgIpc) is 2.93. The number of halogens is 1. The zero-order valence-corrected chi connectivity index (χ0v) is 25.5. The first-order valence-electron chi connectivity index (χ1n) is 13.5. The van der Waals surface area contributed by atoms with Gasteiger partial charge in [-0.05, 0) is 67.8 Å². The van der Waals surface area contributed by atoms with Crippen LogP contribution in [0.1, 0.15) is 37.8 Å². The second kappa shape index (κ2) is 14.9. The van der Waals surface area contributed by atoms with E-state index in [1.165, 1.54) is 4.31 Å². The fourth-order valence-corrected chi connectivity index (χ4v) is 5.60. The topological polar surface area (TPSA) is 96.0 Å². The van der Waals surface area contributed by atoms with Gasteiger partial charge in [-0.25, -0.2) is 8.42 Å². The molecule has 3 aromatic rings. The van der Waals surface area contributed by atoms with E-state index in [0.717, 1.165) is 17.4 Å². The molecule has 0 aliphatic carbocycles. The molecule has 0 radical (unpaired) electrons. The molecule has 41 heavy (non-hydrogen) atoms. The van der Waals surface area contributed by atoms with Crippen LogP contribution in [0.4, 0.5) is 5.69 Å². The minimum atomic E-state index is -3.60. The molecule has 0 saturated heterocycles. The molecule has 1 N–H and O–H groups in total. The van der Waals surface area contributed by atoms with Crippen molar-refractivity contribution in [3.8, 4) is 5.75 Å². The molecule has 0 spiro atoms. The Labute approximate surface area is 248 Å². The van der Waals surface area contributed by atoms with Crippen LogP contribution in [0.25, 0.3) is 0 Å². The molecular weight excluding hydrogens is 562 g/mol. The van der Waals surface area contributed by atoms with Gasteiger partial charge in [0.25, 0.3) is 0 Å². The van der Waals surface area contributed by atoms with Crippen LogP contribution in [-0.4, -0.2) is 57.1 Å². The summed E-state index contributed by atoms with van der Waals surface area (Å²) in [5.74, 6) is 0.143. The van der Waals surface area contributed by atoms with Crippen molar-refractivity contribution in [1.82, 2.24) is 10.2 Å². The molecule has 0 fully saturated rings. The van der Waals surface area contributed by atoms with Crippen molar-refractivity contribution in [1.29, 1.82) is 0 Å². The minimum absolute atomic E-state index is 0.0455. The summed E-state index contributed by atoms with van der Waals surface area (Å²) in [7, 11) is -2.03. The van der Waals surface area contributed by atoms with Crippen molar-refractivity contribution < 1.29 is 22.7 Å². The fourth-order valence-electron chi connectivity index (χ4n) is 4.51. The highest BCUT2D eigenvalue weighted by atomic mass is 35.5. The number of rotatable bonds is 14. The van der Waals surface area contributed by atoms with Crippen molar-refractivity contribution in [2.75, 3.05) is 24.2 Å². The molecule has 2 amide bonds. The molecule has 0 bridgehead atoms. The van der Waals surface area contributed by atoms with Crippen molar-refractivity contribution in [3.05, 3.63) is 95.0 Å². The normalized spacial score (nSPS) is 12.0. The summed E-state index contributed by atoms with van der Waals surface area (Å²) in [5, 5.41) is 3.47. The third kappa shape index (κ3) is 9.79. The molecule has 10 heteroatoms. The van der Waals surface area contributed by atoms with Crippen LogP contribution in [-0.2, 0) is 32.6 Å². The molecule has 0 aliphatic rings.